The van der Waals surface area contributed by atoms with E-state index in [2.05, 4.69) is 44.3 Å². The van der Waals surface area contributed by atoms with E-state index in [1.54, 1.807) is 0 Å². The molecule has 8 heteroatoms. The topological polar surface area (TPSA) is 63.6 Å². The Hall–Kier alpha value is -1.83. The van der Waals surface area contributed by atoms with Gasteiger partial charge in [0.15, 0.2) is 0 Å². The zero-order chi connectivity index (χ0) is 21.3. The molecule has 0 amide bonds. The zero-order valence-electron chi connectivity index (χ0n) is 17.5. The van der Waals surface area contributed by atoms with Crippen molar-refractivity contribution >= 4 is 40.9 Å². The maximum atomic E-state index is 6.33. The predicted octanol–water partition coefficient (Wildman–Crippen LogP) is 5.87. The Bertz CT molecular complexity index is 969. The SMILES string of the molecule is Cc1nc(C)c(Cl)c(NCc2nccc(SCCCSCc3ccccn3)c2C)n1. The molecule has 0 unspecified atom stereocenters. The molecular formula is C22H26ClN5S2. The minimum atomic E-state index is 0.562. The molecule has 1 N–H and O–H groups in total. The smallest absolute Gasteiger partial charge is 0.149 e. The quantitative estimate of drug-likeness (QED) is 0.300. The van der Waals surface area contributed by atoms with Gasteiger partial charge in [0, 0.05) is 23.0 Å². The van der Waals surface area contributed by atoms with Gasteiger partial charge in [-0.05, 0) is 62.5 Å². The average molecular weight is 460 g/mol. The van der Waals surface area contributed by atoms with E-state index in [1.807, 2.05) is 61.9 Å². The Morgan fingerprint density at radius 2 is 1.87 bits per heavy atom. The zero-order valence-corrected chi connectivity index (χ0v) is 19.9. The van der Waals surface area contributed by atoms with E-state index in [-0.39, 0.29) is 0 Å². The number of halogens is 1. The molecule has 3 aromatic heterocycles. The lowest BCUT2D eigenvalue weighted by Gasteiger charge is -2.13. The first-order valence-electron chi connectivity index (χ1n) is 9.84. The first-order valence-corrected chi connectivity index (χ1v) is 12.4. The van der Waals surface area contributed by atoms with E-state index in [0.29, 0.717) is 23.2 Å². The lowest BCUT2D eigenvalue weighted by molar-refractivity contribution is 0.954. The van der Waals surface area contributed by atoms with Gasteiger partial charge in [-0.2, -0.15) is 11.8 Å². The van der Waals surface area contributed by atoms with Crippen molar-refractivity contribution in [3.63, 3.8) is 0 Å². The fourth-order valence-corrected chi connectivity index (χ4v) is 5.09. The second-order valence-corrected chi connectivity index (χ2v) is 9.45. The number of rotatable bonds is 10. The van der Waals surface area contributed by atoms with Gasteiger partial charge in [-0.1, -0.05) is 17.7 Å². The van der Waals surface area contributed by atoms with Crippen molar-refractivity contribution in [1.82, 2.24) is 19.9 Å². The van der Waals surface area contributed by atoms with Gasteiger partial charge in [0.05, 0.1) is 23.6 Å². The Kier molecular flexibility index (Phi) is 8.78. The Morgan fingerprint density at radius 3 is 2.67 bits per heavy atom. The number of nitrogens with one attached hydrogen (secondary N) is 1. The number of pyridine rings is 2. The summed E-state index contributed by atoms with van der Waals surface area (Å²) >= 11 is 10.2. The second kappa shape index (κ2) is 11.5. The van der Waals surface area contributed by atoms with E-state index < -0.39 is 0 Å². The second-order valence-electron chi connectivity index (χ2n) is 6.83. The van der Waals surface area contributed by atoms with Gasteiger partial charge in [-0.25, -0.2) is 9.97 Å². The molecular weight excluding hydrogens is 434 g/mol. The van der Waals surface area contributed by atoms with Crippen molar-refractivity contribution in [1.29, 1.82) is 0 Å². The van der Waals surface area contributed by atoms with Gasteiger partial charge in [0.25, 0.3) is 0 Å². The normalized spacial score (nSPS) is 10.9. The van der Waals surface area contributed by atoms with Crippen LogP contribution in [0.4, 0.5) is 5.82 Å². The molecule has 5 nitrogen and oxygen atoms in total. The predicted molar refractivity (Wildman–Crippen MR) is 129 cm³/mol. The molecule has 0 spiro atoms. The van der Waals surface area contributed by atoms with Gasteiger partial charge >= 0.3 is 0 Å². The minimum absolute atomic E-state index is 0.562. The highest BCUT2D eigenvalue weighted by Crippen LogP contribution is 2.27. The lowest BCUT2D eigenvalue weighted by atomic mass is 10.2. The van der Waals surface area contributed by atoms with E-state index in [4.69, 9.17) is 11.6 Å². The van der Waals surface area contributed by atoms with Crippen LogP contribution in [0.1, 0.15) is 34.9 Å². The molecule has 0 saturated heterocycles. The number of nitrogens with zero attached hydrogens (tertiary/aromatic N) is 4. The number of thioether (sulfide) groups is 2. The molecule has 0 fully saturated rings. The molecule has 0 bridgehead atoms. The van der Waals surface area contributed by atoms with E-state index in [9.17, 15) is 0 Å². The van der Waals surface area contributed by atoms with Gasteiger partial charge in [0.1, 0.15) is 16.7 Å². The lowest BCUT2D eigenvalue weighted by Crippen LogP contribution is -2.08. The Labute approximate surface area is 191 Å². The number of anilines is 1. The van der Waals surface area contributed by atoms with Crippen LogP contribution in [-0.4, -0.2) is 31.4 Å². The molecule has 30 heavy (non-hydrogen) atoms. The Morgan fingerprint density at radius 1 is 1.00 bits per heavy atom. The molecule has 3 rings (SSSR count). The molecule has 0 atom stereocenters. The van der Waals surface area contributed by atoms with Crippen LogP contribution in [0.5, 0.6) is 0 Å². The van der Waals surface area contributed by atoms with Crippen molar-refractivity contribution in [2.45, 2.75) is 44.4 Å². The summed E-state index contributed by atoms with van der Waals surface area (Å²) in [6, 6.07) is 8.17. The fraction of sp³-hybridized carbons (Fsp3) is 0.364. The van der Waals surface area contributed by atoms with Crippen LogP contribution in [0.3, 0.4) is 0 Å². The average Bonchev–Trinajstić information content (AvgIpc) is 2.74. The molecule has 0 radical (unpaired) electrons. The van der Waals surface area contributed by atoms with E-state index in [1.165, 1.54) is 10.5 Å². The molecule has 3 aromatic rings. The van der Waals surface area contributed by atoms with Crippen molar-refractivity contribution in [3.05, 3.63) is 70.2 Å². The Balaban J connectivity index is 1.47. The summed E-state index contributed by atoms with van der Waals surface area (Å²) in [5.74, 6) is 4.55. The number of aromatic nitrogens is 4. The maximum absolute atomic E-state index is 6.33. The number of hydrogen-bond donors (Lipinski definition) is 1. The third kappa shape index (κ3) is 6.59. The van der Waals surface area contributed by atoms with Crippen LogP contribution in [0, 0.1) is 20.8 Å². The monoisotopic (exact) mass is 459 g/mol. The van der Waals surface area contributed by atoms with Gasteiger partial charge in [-0.3, -0.25) is 9.97 Å². The fourth-order valence-electron chi connectivity index (χ4n) is 2.88. The molecule has 0 aromatic carbocycles. The molecule has 158 valence electrons. The van der Waals surface area contributed by atoms with E-state index in [0.717, 1.165) is 40.8 Å². The maximum Gasteiger partial charge on any atom is 0.149 e. The summed E-state index contributed by atoms with van der Waals surface area (Å²) in [5, 5.41) is 3.88. The molecule has 0 aliphatic heterocycles. The van der Waals surface area contributed by atoms with Crippen LogP contribution in [0.25, 0.3) is 0 Å². The third-order valence-electron chi connectivity index (χ3n) is 4.48. The summed E-state index contributed by atoms with van der Waals surface area (Å²) in [6.45, 7) is 6.46. The van der Waals surface area contributed by atoms with E-state index >= 15 is 0 Å². The van der Waals surface area contributed by atoms with Crippen LogP contribution >= 0.6 is 35.1 Å². The largest absolute Gasteiger partial charge is 0.363 e. The van der Waals surface area contributed by atoms with Crippen LogP contribution in [0.2, 0.25) is 5.02 Å². The first kappa shape index (κ1) is 22.8. The molecule has 0 saturated carbocycles. The van der Waals surface area contributed by atoms with Gasteiger partial charge < -0.3 is 5.32 Å². The van der Waals surface area contributed by atoms with Crippen molar-refractivity contribution in [3.8, 4) is 0 Å². The summed E-state index contributed by atoms with van der Waals surface area (Å²) in [5.41, 5.74) is 4.14. The number of aryl methyl sites for hydroxylation is 2. The van der Waals surface area contributed by atoms with Gasteiger partial charge in [-0.15, -0.1) is 11.8 Å². The summed E-state index contributed by atoms with van der Waals surface area (Å²) in [4.78, 5) is 18.9. The third-order valence-corrected chi connectivity index (χ3v) is 7.25. The molecule has 0 aliphatic carbocycles. The van der Waals surface area contributed by atoms with Crippen LogP contribution in [0.15, 0.2) is 41.6 Å². The minimum Gasteiger partial charge on any atom is -0.363 e. The number of hydrogen-bond acceptors (Lipinski definition) is 7. The summed E-state index contributed by atoms with van der Waals surface area (Å²) in [7, 11) is 0. The van der Waals surface area contributed by atoms with Crippen LogP contribution < -0.4 is 5.32 Å². The highest BCUT2D eigenvalue weighted by atomic mass is 35.5. The standard InChI is InChI=1S/C22H26ClN5S2/c1-15-19(13-26-22-21(23)16(2)27-17(3)28-22)25-10-8-20(15)30-12-6-11-29-14-18-7-4-5-9-24-18/h4-5,7-10H,6,11-14H2,1-3H3,(H,26,27,28). The summed E-state index contributed by atoms with van der Waals surface area (Å²) in [6.07, 6.45) is 4.89. The highest BCUT2D eigenvalue weighted by molar-refractivity contribution is 7.99. The molecule has 0 aliphatic rings. The summed E-state index contributed by atoms with van der Waals surface area (Å²) < 4.78 is 0. The van der Waals surface area contributed by atoms with Gasteiger partial charge in [0.2, 0.25) is 0 Å². The van der Waals surface area contributed by atoms with Crippen molar-refractivity contribution in [2.75, 3.05) is 16.8 Å². The van der Waals surface area contributed by atoms with Crippen LogP contribution in [-0.2, 0) is 12.3 Å². The van der Waals surface area contributed by atoms with Crippen molar-refractivity contribution < 1.29 is 0 Å². The highest BCUT2D eigenvalue weighted by Gasteiger charge is 2.10. The first-order chi connectivity index (χ1) is 14.5. The molecule has 3 heterocycles. The van der Waals surface area contributed by atoms with Crippen molar-refractivity contribution in [2.24, 2.45) is 0 Å².